The van der Waals surface area contributed by atoms with Crippen molar-refractivity contribution >= 4 is 5.82 Å². The van der Waals surface area contributed by atoms with Gasteiger partial charge in [0, 0.05) is 18.5 Å². The lowest BCUT2D eigenvalue weighted by atomic mass is 10.3. The number of hydrogen-bond acceptors (Lipinski definition) is 4. The highest BCUT2D eigenvalue weighted by atomic mass is 19.4. The van der Waals surface area contributed by atoms with Gasteiger partial charge in [0.05, 0.1) is 0 Å². The minimum atomic E-state index is -4.40. The summed E-state index contributed by atoms with van der Waals surface area (Å²) in [6.45, 7) is 3.49. The Morgan fingerprint density at radius 1 is 1.42 bits per heavy atom. The number of halogens is 3. The van der Waals surface area contributed by atoms with E-state index in [9.17, 15) is 13.2 Å². The summed E-state index contributed by atoms with van der Waals surface area (Å²) >= 11 is 0. The molecule has 0 aliphatic heterocycles. The second-order valence-corrected chi connectivity index (χ2v) is 4.56. The van der Waals surface area contributed by atoms with Crippen LogP contribution in [0.5, 0.6) is 5.88 Å². The Labute approximate surface area is 109 Å². The van der Waals surface area contributed by atoms with Crippen LogP contribution in [0.2, 0.25) is 0 Å². The molecule has 1 heterocycles. The van der Waals surface area contributed by atoms with Crippen LogP contribution in [-0.2, 0) is 0 Å². The van der Waals surface area contributed by atoms with E-state index >= 15 is 0 Å². The second-order valence-electron chi connectivity index (χ2n) is 4.56. The fourth-order valence-corrected chi connectivity index (χ4v) is 1.55. The van der Waals surface area contributed by atoms with Crippen LogP contribution < -0.4 is 10.1 Å². The van der Waals surface area contributed by atoms with Gasteiger partial charge in [0.25, 0.3) is 0 Å². The Kier molecular flexibility index (Phi) is 3.82. The SMILES string of the molecule is CCNc1cc(OC(C)C(F)(F)F)nc(C2CC2)n1. The Balaban J connectivity index is 2.18. The standard InChI is InChI=1S/C12H16F3N3O/c1-3-16-9-6-10(19-7(2)12(13,14)15)18-11(17-9)8-4-5-8/h6-8H,3-5H2,1-2H3,(H,16,17,18). The van der Waals surface area contributed by atoms with E-state index in [-0.39, 0.29) is 11.8 Å². The predicted octanol–water partition coefficient (Wildman–Crippen LogP) is 3.12. The minimum absolute atomic E-state index is 0.0299. The highest BCUT2D eigenvalue weighted by molar-refractivity contribution is 5.39. The molecule has 7 heteroatoms. The third kappa shape index (κ3) is 3.71. The van der Waals surface area contributed by atoms with Gasteiger partial charge in [-0.25, -0.2) is 4.98 Å². The maximum absolute atomic E-state index is 12.5. The summed E-state index contributed by atoms with van der Waals surface area (Å²) in [5, 5.41) is 2.97. The summed E-state index contributed by atoms with van der Waals surface area (Å²) in [5.41, 5.74) is 0. The van der Waals surface area contributed by atoms with Crippen LogP contribution in [0.1, 0.15) is 38.4 Å². The molecule has 0 bridgehead atoms. The predicted molar refractivity (Wildman–Crippen MR) is 64.3 cm³/mol. The first-order valence-electron chi connectivity index (χ1n) is 6.26. The van der Waals surface area contributed by atoms with Gasteiger partial charge >= 0.3 is 6.18 Å². The van der Waals surface area contributed by atoms with Gasteiger partial charge in [-0.15, -0.1) is 0 Å². The molecule has 19 heavy (non-hydrogen) atoms. The average Bonchev–Trinajstić information content (AvgIpc) is 3.11. The van der Waals surface area contributed by atoms with Crippen LogP contribution in [0, 0.1) is 0 Å². The summed E-state index contributed by atoms with van der Waals surface area (Å²) in [6, 6.07) is 1.40. The third-order valence-corrected chi connectivity index (χ3v) is 2.78. The summed E-state index contributed by atoms with van der Waals surface area (Å²) in [5.74, 6) is 1.28. The lowest BCUT2D eigenvalue weighted by molar-refractivity contribution is -0.190. The van der Waals surface area contributed by atoms with Crippen molar-refractivity contribution in [1.29, 1.82) is 0 Å². The van der Waals surface area contributed by atoms with Gasteiger partial charge in [-0.1, -0.05) is 0 Å². The molecule has 106 valence electrons. The lowest BCUT2D eigenvalue weighted by Gasteiger charge is -2.17. The van der Waals surface area contributed by atoms with E-state index in [4.69, 9.17) is 4.74 Å². The summed E-state index contributed by atoms with van der Waals surface area (Å²) in [6.07, 6.45) is -4.33. The Morgan fingerprint density at radius 3 is 2.63 bits per heavy atom. The van der Waals surface area contributed by atoms with E-state index in [0.29, 0.717) is 18.2 Å². The van der Waals surface area contributed by atoms with Gasteiger partial charge in [-0.05, 0) is 26.7 Å². The van der Waals surface area contributed by atoms with Gasteiger partial charge in [0.2, 0.25) is 5.88 Å². The molecule has 0 saturated heterocycles. The Morgan fingerprint density at radius 2 is 2.11 bits per heavy atom. The zero-order chi connectivity index (χ0) is 14.0. The largest absolute Gasteiger partial charge is 0.465 e. The molecule has 1 atom stereocenters. The van der Waals surface area contributed by atoms with Crippen LogP contribution >= 0.6 is 0 Å². The van der Waals surface area contributed by atoms with Crippen molar-refractivity contribution < 1.29 is 17.9 Å². The van der Waals surface area contributed by atoms with Crippen molar-refractivity contribution in [3.8, 4) is 5.88 Å². The van der Waals surface area contributed by atoms with Crippen LogP contribution in [0.3, 0.4) is 0 Å². The van der Waals surface area contributed by atoms with E-state index in [1.54, 1.807) is 0 Å². The number of rotatable bonds is 5. The van der Waals surface area contributed by atoms with Crippen LogP contribution in [0.15, 0.2) is 6.07 Å². The van der Waals surface area contributed by atoms with Crippen molar-refractivity contribution in [2.45, 2.75) is 44.9 Å². The molecule has 1 aliphatic rings. The fraction of sp³-hybridized carbons (Fsp3) is 0.667. The molecule has 0 radical (unpaired) electrons. The van der Waals surface area contributed by atoms with E-state index < -0.39 is 12.3 Å². The first-order chi connectivity index (χ1) is 8.90. The zero-order valence-electron chi connectivity index (χ0n) is 10.8. The fourth-order valence-electron chi connectivity index (χ4n) is 1.55. The monoisotopic (exact) mass is 275 g/mol. The summed E-state index contributed by atoms with van der Waals surface area (Å²) in [7, 11) is 0. The lowest BCUT2D eigenvalue weighted by Crippen LogP contribution is -2.31. The van der Waals surface area contributed by atoms with E-state index in [2.05, 4.69) is 15.3 Å². The number of hydrogen-bond donors (Lipinski definition) is 1. The quantitative estimate of drug-likeness (QED) is 0.897. The Bertz CT molecular complexity index is 446. The molecule has 0 amide bonds. The Hall–Kier alpha value is -1.53. The highest BCUT2D eigenvalue weighted by Crippen LogP contribution is 2.39. The normalized spacial score (nSPS) is 17.1. The number of alkyl halides is 3. The molecule has 2 rings (SSSR count). The second kappa shape index (κ2) is 5.22. The van der Waals surface area contributed by atoms with Crippen molar-refractivity contribution in [3.05, 3.63) is 11.9 Å². The van der Waals surface area contributed by atoms with Crippen molar-refractivity contribution in [2.75, 3.05) is 11.9 Å². The van der Waals surface area contributed by atoms with Crippen LogP contribution in [0.25, 0.3) is 0 Å². The number of nitrogens with one attached hydrogen (secondary N) is 1. The minimum Gasteiger partial charge on any atom is -0.465 e. The summed E-state index contributed by atoms with van der Waals surface area (Å²) in [4.78, 5) is 8.33. The molecule has 0 spiro atoms. The smallest absolute Gasteiger partial charge is 0.425 e. The van der Waals surface area contributed by atoms with Crippen LogP contribution in [-0.4, -0.2) is 28.8 Å². The average molecular weight is 275 g/mol. The molecule has 1 aliphatic carbocycles. The third-order valence-electron chi connectivity index (χ3n) is 2.78. The summed E-state index contributed by atoms with van der Waals surface area (Å²) < 4.78 is 42.3. The number of aromatic nitrogens is 2. The van der Waals surface area contributed by atoms with Gasteiger partial charge < -0.3 is 10.1 Å². The van der Waals surface area contributed by atoms with Crippen molar-refractivity contribution in [2.24, 2.45) is 0 Å². The maximum Gasteiger partial charge on any atom is 0.425 e. The molecule has 1 aromatic rings. The van der Waals surface area contributed by atoms with Gasteiger partial charge in [-0.3, -0.25) is 0 Å². The molecule has 1 saturated carbocycles. The van der Waals surface area contributed by atoms with Gasteiger partial charge in [0.1, 0.15) is 11.6 Å². The molecule has 0 aromatic carbocycles. The number of nitrogens with zero attached hydrogens (tertiary/aromatic N) is 2. The topological polar surface area (TPSA) is 47.0 Å². The maximum atomic E-state index is 12.5. The molecular weight excluding hydrogens is 259 g/mol. The van der Waals surface area contributed by atoms with Gasteiger partial charge in [-0.2, -0.15) is 18.2 Å². The number of ether oxygens (including phenoxy) is 1. The van der Waals surface area contributed by atoms with Crippen molar-refractivity contribution in [1.82, 2.24) is 9.97 Å². The molecule has 1 fully saturated rings. The van der Waals surface area contributed by atoms with E-state index in [1.165, 1.54) is 6.07 Å². The van der Waals surface area contributed by atoms with Gasteiger partial charge in [0.15, 0.2) is 6.10 Å². The first kappa shape index (κ1) is 13.9. The number of anilines is 1. The van der Waals surface area contributed by atoms with E-state index in [1.807, 2.05) is 6.92 Å². The molecule has 1 aromatic heterocycles. The highest BCUT2D eigenvalue weighted by Gasteiger charge is 2.38. The van der Waals surface area contributed by atoms with Crippen molar-refractivity contribution in [3.63, 3.8) is 0 Å². The van der Waals surface area contributed by atoms with E-state index in [0.717, 1.165) is 19.8 Å². The molecule has 1 N–H and O–H groups in total. The molecular formula is C12H16F3N3O. The first-order valence-corrected chi connectivity index (χ1v) is 6.26. The van der Waals surface area contributed by atoms with Crippen LogP contribution in [0.4, 0.5) is 19.0 Å². The zero-order valence-corrected chi connectivity index (χ0v) is 10.8. The molecule has 1 unspecified atom stereocenters. The molecule has 4 nitrogen and oxygen atoms in total.